The molecule has 2 N–H and O–H groups in total. The summed E-state index contributed by atoms with van der Waals surface area (Å²) in [7, 11) is 3.31. The van der Waals surface area contributed by atoms with E-state index in [0.717, 1.165) is 53.9 Å². The molecule has 6 atom stereocenters. The van der Waals surface area contributed by atoms with E-state index in [0.29, 0.717) is 54.4 Å². The van der Waals surface area contributed by atoms with Gasteiger partial charge in [0.1, 0.15) is 31.3 Å². The van der Waals surface area contributed by atoms with Crippen molar-refractivity contribution in [3.05, 3.63) is 101 Å². The third-order valence-electron chi connectivity index (χ3n) is 11.6. The zero-order chi connectivity index (χ0) is 39.2. The topological polar surface area (TPSA) is 141 Å². The molecule has 1 saturated carbocycles. The lowest BCUT2D eigenvalue weighted by molar-refractivity contribution is -0.252. The van der Waals surface area contributed by atoms with Gasteiger partial charge < -0.3 is 43.6 Å². The Hall–Kier alpha value is -4.91. The van der Waals surface area contributed by atoms with Crippen LogP contribution in [0.25, 0.3) is 0 Å². The number of nitrogens with zero attached hydrogens (tertiary/aromatic N) is 3. The van der Waals surface area contributed by atoms with Crippen LogP contribution in [0, 0.1) is 24.7 Å². The Bertz CT molecular complexity index is 1950. The molecule has 2 aliphatic heterocycles. The molecule has 1 fully saturated rings. The van der Waals surface area contributed by atoms with Crippen LogP contribution in [0.4, 0.5) is 0 Å². The van der Waals surface area contributed by atoms with E-state index in [4.69, 9.17) is 28.5 Å². The molecule has 1 amide bonds. The van der Waals surface area contributed by atoms with E-state index in [-0.39, 0.29) is 50.3 Å². The number of aryl methyl sites for hydroxylation is 1. The number of hydrogen-bond acceptors (Lipinski definition) is 11. The summed E-state index contributed by atoms with van der Waals surface area (Å²) in [6, 6.07) is 16.4. The molecule has 2 aliphatic carbocycles. The standard InChI is InChI=1S/C44H53N3O9/c1-5-21-55-44-40(47(3)43(50)30-15-17-38-39(23-30)54-27-53-38)25-36(46-51-4)34-22-29(12-6-8-19-48)33(14-7-9-20-49)41(42(34)44)35-24-32(16-18-37(35)56-44)52-26-31-13-10-11-28(2)45-31/h5,10-11,13,15-18,22-24,29,33,40-42,48-49H,1,6-9,12,14,19-21,25-27H2,2-4H3. The Balaban J connectivity index is 1.38. The number of benzene rings is 2. The fourth-order valence-electron chi connectivity index (χ4n) is 9.14. The molecular weight excluding hydrogens is 714 g/mol. The Morgan fingerprint density at radius 3 is 2.59 bits per heavy atom. The van der Waals surface area contributed by atoms with Crippen molar-refractivity contribution in [1.82, 2.24) is 9.88 Å². The minimum absolute atomic E-state index is 0.0921. The van der Waals surface area contributed by atoms with Crippen molar-refractivity contribution < 1.29 is 43.5 Å². The van der Waals surface area contributed by atoms with Gasteiger partial charge in [0, 0.05) is 49.4 Å². The fraction of sp³-hybridized carbons (Fsp3) is 0.477. The molecule has 1 aromatic heterocycles. The van der Waals surface area contributed by atoms with Crippen LogP contribution in [-0.4, -0.2) is 84.3 Å². The molecule has 2 aromatic carbocycles. The number of pyridine rings is 1. The molecule has 3 aromatic rings. The minimum atomic E-state index is -1.36. The highest BCUT2D eigenvalue weighted by molar-refractivity contribution is 6.03. The smallest absolute Gasteiger partial charge is 0.254 e. The first-order chi connectivity index (χ1) is 27.3. The molecule has 3 heterocycles. The van der Waals surface area contributed by atoms with Crippen molar-refractivity contribution in [3.63, 3.8) is 0 Å². The maximum Gasteiger partial charge on any atom is 0.254 e. The molecule has 6 unspecified atom stereocenters. The molecule has 56 heavy (non-hydrogen) atoms. The highest BCUT2D eigenvalue weighted by Crippen LogP contribution is 2.62. The molecule has 12 nitrogen and oxygen atoms in total. The van der Waals surface area contributed by atoms with Gasteiger partial charge in [-0.3, -0.25) is 9.78 Å². The number of rotatable bonds is 17. The average molecular weight is 768 g/mol. The maximum atomic E-state index is 14.5. The van der Waals surface area contributed by atoms with E-state index < -0.39 is 17.7 Å². The van der Waals surface area contributed by atoms with Crippen LogP contribution < -0.4 is 18.9 Å². The second-order valence-corrected chi connectivity index (χ2v) is 15.0. The van der Waals surface area contributed by atoms with Crippen LogP contribution in [-0.2, 0) is 16.2 Å². The Morgan fingerprint density at radius 2 is 1.82 bits per heavy atom. The first-order valence-corrected chi connectivity index (χ1v) is 19.7. The predicted octanol–water partition coefficient (Wildman–Crippen LogP) is 6.73. The monoisotopic (exact) mass is 767 g/mol. The number of amides is 1. The number of carbonyl (C=O) groups excluding carboxylic acids is 1. The van der Waals surface area contributed by atoms with Crippen LogP contribution in [0.5, 0.6) is 23.0 Å². The van der Waals surface area contributed by atoms with E-state index in [1.807, 2.05) is 37.3 Å². The van der Waals surface area contributed by atoms with Gasteiger partial charge in [-0.05, 0) is 98.5 Å². The summed E-state index contributed by atoms with van der Waals surface area (Å²) in [4.78, 5) is 26.4. The second-order valence-electron chi connectivity index (χ2n) is 15.0. The van der Waals surface area contributed by atoms with Crippen molar-refractivity contribution in [2.45, 2.75) is 76.2 Å². The van der Waals surface area contributed by atoms with E-state index in [1.54, 1.807) is 36.2 Å². The summed E-state index contributed by atoms with van der Waals surface area (Å²) < 4.78 is 31.7. The number of hydrogen-bond donors (Lipinski definition) is 2. The third-order valence-corrected chi connectivity index (χ3v) is 11.6. The number of oxime groups is 1. The van der Waals surface area contributed by atoms with Gasteiger partial charge in [0.25, 0.3) is 5.91 Å². The maximum absolute atomic E-state index is 14.5. The molecule has 4 aliphatic rings. The van der Waals surface area contributed by atoms with Gasteiger partial charge >= 0.3 is 0 Å². The van der Waals surface area contributed by atoms with Gasteiger partial charge in [-0.1, -0.05) is 36.2 Å². The fourth-order valence-corrected chi connectivity index (χ4v) is 9.14. The average Bonchev–Trinajstić information content (AvgIpc) is 3.69. The molecule has 0 spiro atoms. The van der Waals surface area contributed by atoms with Gasteiger partial charge in [0.2, 0.25) is 12.6 Å². The highest BCUT2D eigenvalue weighted by atomic mass is 16.7. The van der Waals surface area contributed by atoms with Gasteiger partial charge in [-0.2, -0.15) is 0 Å². The normalized spacial score (nSPS) is 25.1. The van der Waals surface area contributed by atoms with Crippen molar-refractivity contribution in [2.75, 3.05) is 40.8 Å². The number of fused-ring (bicyclic) bond motifs is 3. The zero-order valence-electron chi connectivity index (χ0n) is 32.5. The summed E-state index contributed by atoms with van der Waals surface area (Å²) in [6.07, 6.45) is 9.05. The molecule has 298 valence electrons. The van der Waals surface area contributed by atoms with Gasteiger partial charge in [-0.25, -0.2) is 0 Å². The third kappa shape index (κ3) is 7.74. The summed E-state index contributed by atoms with van der Waals surface area (Å²) in [5, 5.41) is 24.3. The molecule has 7 rings (SSSR count). The van der Waals surface area contributed by atoms with Crippen LogP contribution in [0.3, 0.4) is 0 Å². The Kier molecular flexibility index (Phi) is 12.3. The predicted molar refractivity (Wildman–Crippen MR) is 210 cm³/mol. The van der Waals surface area contributed by atoms with Crippen LogP contribution >= 0.6 is 0 Å². The molecule has 0 radical (unpaired) electrons. The van der Waals surface area contributed by atoms with Crippen molar-refractivity contribution in [3.8, 4) is 23.0 Å². The Morgan fingerprint density at radius 1 is 1.04 bits per heavy atom. The minimum Gasteiger partial charge on any atom is -0.487 e. The number of aromatic nitrogens is 1. The van der Waals surface area contributed by atoms with Crippen LogP contribution in [0.15, 0.2) is 84.1 Å². The number of aliphatic hydroxyl groups excluding tert-OH is 2. The second kappa shape index (κ2) is 17.5. The lowest BCUT2D eigenvalue weighted by atomic mass is 9.55. The van der Waals surface area contributed by atoms with E-state index >= 15 is 0 Å². The molecule has 0 saturated heterocycles. The number of unbranched alkanes of at least 4 members (excludes halogenated alkanes) is 2. The summed E-state index contributed by atoms with van der Waals surface area (Å²) in [5.41, 5.74) is 4.86. The summed E-state index contributed by atoms with van der Waals surface area (Å²) >= 11 is 0. The molecular formula is C44H53N3O9. The first kappa shape index (κ1) is 39.3. The number of allylic oxidation sites excluding steroid dienone is 1. The van der Waals surface area contributed by atoms with Crippen molar-refractivity contribution in [1.29, 1.82) is 0 Å². The Labute approximate surface area is 328 Å². The van der Waals surface area contributed by atoms with Crippen molar-refractivity contribution in [2.24, 2.45) is 22.9 Å². The molecule has 12 heteroatoms. The largest absolute Gasteiger partial charge is 0.487 e. The summed E-state index contributed by atoms with van der Waals surface area (Å²) in [6.45, 7) is 6.76. The summed E-state index contributed by atoms with van der Waals surface area (Å²) in [5.74, 6) is 0.472. The number of aliphatic hydroxyl groups is 2. The quantitative estimate of drug-likeness (QED) is 0.0863. The number of likely N-dealkylation sites (N-methyl/N-ethyl adjacent to an activating group) is 1. The number of ether oxygens (including phenoxy) is 5. The van der Waals surface area contributed by atoms with E-state index in [9.17, 15) is 15.0 Å². The van der Waals surface area contributed by atoms with Gasteiger partial charge in [0.15, 0.2) is 11.5 Å². The van der Waals surface area contributed by atoms with E-state index in [1.165, 1.54) is 7.11 Å². The lowest BCUT2D eigenvalue weighted by Gasteiger charge is -2.59. The van der Waals surface area contributed by atoms with Gasteiger partial charge in [0.05, 0.1) is 23.9 Å². The SMILES string of the molecule is C=CCOC12Oc3ccc(OCc4cccc(C)n4)cc3C3C(CCCCO)C(CCCCO)C=C(C(=NOC)CC1N(C)C(=O)c1ccc4c(c1)OCO4)C32. The molecule has 0 bridgehead atoms. The van der Waals surface area contributed by atoms with Crippen molar-refractivity contribution >= 4 is 11.6 Å². The highest BCUT2D eigenvalue weighted by Gasteiger charge is 2.65. The zero-order valence-corrected chi connectivity index (χ0v) is 32.5. The first-order valence-electron chi connectivity index (χ1n) is 19.7. The van der Waals surface area contributed by atoms with Gasteiger partial charge in [-0.15, -0.1) is 6.58 Å². The number of carbonyl (C=O) groups is 1. The van der Waals surface area contributed by atoms with E-state index in [2.05, 4.69) is 28.9 Å². The van der Waals surface area contributed by atoms with Crippen LogP contribution in [0.1, 0.15) is 78.2 Å². The lowest BCUT2D eigenvalue weighted by Crippen LogP contribution is -2.69. The van der Waals surface area contributed by atoms with Crippen LogP contribution in [0.2, 0.25) is 0 Å².